The molecular weight excluding hydrogens is 252 g/mol. The predicted octanol–water partition coefficient (Wildman–Crippen LogP) is 2.50. The Hall–Kier alpha value is -1.23. The molecule has 108 valence electrons. The number of hydrogen-bond acceptors (Lipinski definition) is 4. The molecule has 2 aliphatic heterocycles. The predicted molar refractivity (Wildman–Crippen MR) is 78.1 cm³/mol. The molecule has 1 aromatic rings. The van der Waals surface area contributed by atoms with E-state index in [1.54, 1.807) is 0 Å². The van der Waals surface area contributed by atoms with Gasteiger partial charge in [0, 0.05) is 19.3 Å². The molecule has 0 saturated carbocycles. The Morgan fingerprint density at radius 3 is 3.05 bits per heavy atom. The Morgan fingerprint density at radius 1 is 1.35 bits per heavy atom. The summed E-state index contributed by atoms with van der Waals surface area (Å²) in [6, 6.07) is 4.20. The second kappa shape index (κ2) is 6.97. The largest absolute Gasteiger partial charge is 0.353 e. The van der Waals surface area contributed by atoms with Crippen LogP contribution in [0.25, 0.3) is 5.57 Å². The van der Waals surface area contributed by atoms with E-state index in [-0.39, 0.29) is 6.29 Å². The van der Waals surface area contributed by atoms with E-state index in [0.717, 1.165) is 50.2 Å². The third kappa shape index (κ3) is 3.66. The first-order chi connectivity index (χ1) is 9.92. The molecule has 20 heavy (non-hydrogen) atoms. The Labute approximate surface area is 120 Å². The number of rotatable bonds is 4. The van der Waals surface area contributed by atoms with Gasteiger partial charge in [0.15, 0.2) is 6.29 Å². The maximum atomic E-state index is 5.77. The Kier molecular flexibility index (Phi) is 4.79. The summed E-state index contributed by atoms with van der Waals surface area (Å²) in [5.74, 6) is 0. The van der Waals surface area contributed by atoms with Crippen molar-refractivity contribution in [2.24, 2.45) is 0 Å². The lowest BCUT2D eigenvalue weighted by molar-refractivity contribution is -0.168. The van der Waals surface area contributed by atoms with E-state index in [2.05, 4.69) is 28.5 Å². The van der Waals surface area contributed by atoms with Gasteiger partial charge in [-0.25, -0.2) is 0 Å². The molecule has 0 bridgehead atoms. The summed E-state index contributed by atoms with van der Waals surface area (Å²) < 4.78 is 11.3. The van der Waals surface area contributed by atoms with E-state index in [1.807, 2.05) is 6.20 Å². The molecule has 4 nitrogen and oxygen atoms in total. The first kappa shape index (κ1) is 13.7. The molecule has 1 N–H and O–H groups in total. The number of nitrogens with one attached hydrogen (secondary N) is 1. The highest BCUT2D eigenvalue weighted by atomic mass is 16.7. The first-order valence-corrected chi connectivity index (χ1v) is 7.50. The molecular formula is C16H22N2O2. The van der Waals surface area contributed by atoms with Gasteiger partial charge in [0.2, 0.25) is 0 Å². The molecule has 3 heterocycles. The van der Waals surface area contributed by atoms with E-state index in [4.69, 9.17) is 9.47 Å². The fourth-order valence-electron chi connectivity index (χ4n) is 2.59. The molecule has 1 fully saturated rings. The van der Waals surface area contributed by atoms with Crippen LogP contribution in [0.15, 0.2) is 24.4 Å². The second-order valence-corrected chi connectivity index (χ2v) is 5.34. The molecule has 2 aliphatic rings. The maximum Gasteiger partial charge on any atom is 0.158 e. The summed E-state index contributed by atoms with van der Waals surface area (Å²) in [7, 11) is 0. The number of aromatic nitrogens is 1. The number of nitrogens with zero attached hydrogens (tertiary/aromatic N) is 1. The van der Waals surface area contributed by atoms with Crippen molar-refractivity contribution in [1.29, 1.82) is 0 Å². The average molecular weight is 274 g/mol. The first-order valence-electron chi connectivity index (χ1n) is 7.50. The highest BCUT2D eigenvalue weighted by Gasteiger charge is 2.14. The molecule has 0 amide bonds. The normalized spacial score (nSPS) is 23.4. The second-order valence-electron chi connectivity index (χ2n) is 5.34. The average Bonchev–Trinajstić information content (AvgIpc) is 2.55. The van der Waals surface area contributed by atoms with Crippen LogP contribution in [-0.2, 0) is 16.1 Å². The van der Waals surface area contributed by atoms with Gasteiger partial charge < -0.3 is 14.8 Å². The summed E-state index contributed by atoms with van der Waals surface area (Å²) in [5, 5.41) is 3.31. The number of hydrogen-bond donors (Lipinski definition) is 1. The van der Waals surface area contributed by atoms with E-state index < -0.39 is 0 Å². The molecule has 1 unspecified atom stereocenters. The lowest BCUT2D eigenvalue weighted by atomic mass is 10.1. The van der Waals surface area contributed by atoms with Gasteiger partial charge in [-0.3, -0.25) is 4.98 Å². The minimum absolute atomic E-state index is 0.0319. The maximum absolute atomic E-state index is 5.77. The van der Waals surface area contributed by atoms with Crippen molar-refractivity contribution < 1.29 is 9.47 Å². The van der Waals surface area contributed by atoms with Crippen molar-refractivity contribution in [3.8, 4) is 0 Å². The van der Waals surface area contributed by atoms with Crippen molar-refractivity contribution >= 4 is 5.57 Å². The monoisotopic (exact) mass is 274 g/mol. The molecule has 1 atom stereocenters. The molecule has 0 aromatic carbocycles. The van der Waals surface area contributed by atoms with Gasteiger partial charge in [-0.1, -0.05) is 12.1 Å². The molecule has 4 heteroatoms. The molecule has 0 spiro atoms. The SMILES string of the molecule is C1=C(c2ccc(COC3CCCCO3)cn2)CCNC1. The van der Waals surface area contributed by atoms with Crippen LogP contribution in [0.1, 0.15) is 36.9 Å². The molecule has 1 aromatic heterocycles. The number of pyridine rings is 1. The van der Waals surface area contributed by atoms with Crippen molar-refractivity contribution in [3.05, 3.63) is 35.7 Å². The van der Waals surface area contributed by atoms with Crippen molar-refractivity contribution in [2.75, 3.05) is 19.7 Å². The van der Waals surface area contributed by atoms with Crippen LogP contribution in [-0.4, -0.2) is 31.0 Å². The van der Waals surface area contributed by atoms with Gasteiger partial charge in [-0.2, -0.15) is 0 Å². The third-order valence-corrected chi connectivity index (χ3v) is 3.79. The van der Waals surface area contributed by atoms with Crippen molar-refractivity contribution in [2.45, 2.75) is 38.6 Å². The summed E-state index contributed by atoms with van der Waals surface area (Å²) in [5.41, 5.74) is 3.54. The fourth-order valence-corrected chi connectivity index (χ4v) is 2.59. The van der Waals surface area contributed by atoms with Gasteiger partial charge >= 0.3 is 0 Å². The summed E-state index contributed by atoms with van der Waals surface area (Å²) in [4.78, 5) is 4.55. The topological polar surface area (TPSA) is 43.4 Å². The highest BCUT2D eigenvalue weighted by molar-refractivity contribution is 5.63. The van der Waals surface area contributed by atoms with Crippen LogP contribution in [0.5, 0.6) is 0 Å². The lowest BCUT2D eigenvalue weighted by Gasteiger charge is -2.22. The summed E-state index contributed by atoms with van der Waals surface area (Å²) in [6.45, 7) is 3.39. The minimum atomic E-state index is -0.0319. The van der Waals surface area contributed by atoms with Crippen LogP contribution in [0.3, 0.4) is 0 Å². The highest BCUT2D eigenvalue weighted by Crippen LogP contribution is 2.19. The van der Waals surface area contributed by atoms with Gasteiger partial charge in [-0.15, -0.1) is 0 Å². The van der Waals surface area contributed by atoms with Gasteiger partial charge in [0.05, 0.1) is 12.3 Å². The Balaban J connectivity index is 1.54. The van der Waals surface area contributed by atoms with Crippen molar-refractivity contribution in [1.82, 2.24) is 10.3 Å². The molecule has 0 radical (unpaired) electrons. The smallest absolute Gasteiger partial charge is 0.158 e. The molecule has 3 rings (SSSR count). The van der Waals surface area contributed by atoms with Crippen LogP contribution in [0.2, 0.25) is 0 Å². The van der Waals surface area contributed by atoms with Crippen LogP contribution < -0.4 is 5.32 Å². The third-order valence-electron chi connectivity index (χ3n) is 3.79. The van der Waals surface area contributed by atoms with Crippen molar-refractivity contribution in [3.63, 3.8) is 0 Å². The fraction of sp³-hybridized carbons (Fsp3) is 0.562. The van der Waals surface area contributed by atoms with Gasteiger partial charge in [0.1, 0.15) is 0 Å². The zero-order chi connectivity index (χ0) is 13.6. The minimum Gasteiger partial charge on any atom is -0.353 e. The quantitative estimate of drug-likeness (QED) is 0.916. The zero-order valence-electron chi connectivity index (χ0n) is 11.8. The van der Waals surface area contributed by atoms with Gasteiger partial charge in [-0.05, 0) is 49.4 Å². The van der Waals surface area contributed by atoms with Gasteiger partial charge in [0.25, 0.3) is 0 Å². The zero-order valence-corrected chi connectivity index (χ0v) is 11.8. The Morgan fingerprint density at radius 2 is 2.35 bits per heavy atom. The van der Waals surface area contributed by atoms with E-state index in [9.17, 15) is 0 Å². The Bertz CT molecular complexity index is 450. The molecule has 0 aliphatic carbocycles. The number of ether oxygens (including phenoxy) is 2. The van der Waals surface area contributed by atoms with E-state index in [0.29, 0.717) is 6.61 Å². The van der Waals surface area contributed by atoms with Crippen LogP contribution in [0.4, 0.5) is 0 Å². The summed E-state index contributed by atoms with van der Waals surface area (Å²) >= 11 is 0. The standard InChI is InChI=1S/C16H22N2O2/c1-2-10-19-16(3-1)20-12-13-4-5-15(18-11-13)14-6-8-17-9-7-14/h4-6,11,16-17H,1-3,7-10,12H2. The van der Waals surface area contributed by atoms with E-state index >= 15 is 0 Å². The molecule has 1 saturated heterocycles. The van der Waals surface area contributed by atoms with Crippen LogP contribution in [0, 0.1) is 0 Å². The lowest BCUT2D eigenvalue weighted by Crippen LogP contribution is -2.22. The van der Waals surface area contributed by atoms with E-state index in [1.165, 1.54) is 12.0 Å². The summed E-state index contributed by atoms with van der Waals surface area (Å²) in [6.07, 6.45) is 8.52. The van der Waals surface area contributed by atoms with Crippen LogP contribution >= 0.6 is 0 Å².